The smallest absolute Gasteiger partial charge is 0.237 e. The van der Waals surface area contributed by atoms with Crippen LogP contribution in [0.4, 0.5) is 11.9 Å². The highest BCUT2D eigenvalue weighted by atomic mass is 16.2. The molecule has 2 heterocycles. The van der Waals surface area contributed by atoms with Gasteiger partial charge >= 0.3 is 0 Å². The van der Waals surface area contributed by atoms with Crippen molar-refractivity contribution in [3.8, 4) is 11.4 Å². The summed E-state index contributed by atoms with van der Waals surface area (Å²) >= 11 is 0. The van der Waals surface area contributed by atoms with E-state index >= 15 is 0 Å². The molecule has 0 bridgehead atoms. The SMILES string of the molecule is [N-]=[N+]=NCC1CC(=O)N(c2nc(N)nc(-c3ccccc3)n2)C1. The van der Waals surface area contributed by atoms with E-state index in [9.17, 15) is 4.79 Å². The van der Waals surface area contributed by atoms with Crippen molar-refractivity contribution < 1.29 is 4.79 Å². The van der Waals surface area contributed by atoms with E-state index < -0.39 is 0 Å². The molecule has 1 fully saturated rings. The van der Waals surface area contributed by atoms with E-state index in [4.69, 9.17) is 11.3 Å². The first-order valence-corrected chi connectivity index (χ1v) is 7.05. The van der Waals surface area contributed by atoms with Gasteiger partial charge in [0.05, 0.1) is 0 Å². The van der Waals surface area contributed by atoms with Crippen molar-refractivity contribution in [3.05, 3.63) is 40.8 Å². The molecule has 1 aromatic heterocycles. The van der Waals surface area contributed by atoms with Crippen LogP contribution in [-0.2, 0) is 4.79 Å². The van der Waals surface area contributed by atoms with Crippen molar-refractivity contribution in [1.82, 2.24) is 15.0 Å². The lowest BCUT2D eigenvalue weighted by atomic mass is 10.1. The standard InChI is InChI=1S/C14H14N8O/c15-13-18-12(10-4-2-1-3-5-10)19-14(20-13)22-8-9(6-11(22)23)7-17-21-16/h1-5,9H,6-8H2,(H2,15,18,19,20). The fourth-order valence-corrected chi connectivity index (χ4v) is 2.47. The second-order valence-corrected chi connectivity index (χ2v) is 5.17. The van der Waals surface area contributed by atoms with Crippen molar-refractivity contribution in [3.63, 3.8) is 0 Å². The quantitative estimate of drug-likeness (QED) is 0.522. The third-order valence-corrected chi connectivity index (χ3v) is 3.52. The number of azide groups is 1. The van der Waals surface area contributed by atoms with Crippen LogP contribution < -0.4 is 10.6 Å². The molecule has 116 valence electrons. The molecule has 0 saturated carbocycles. The monoisotopic (exact) mass is 310 g/mol. The molecule has 2 aromatic rings. The molecule has 1 atom stereocenters. The van der Waals surface area contributed by atoms with Crippen LogP contribution in [0.2, 0.25) is 0 Å². The van der Waals surface area contributed by atoms with Gasteiger partial charge in [-0.1, -0.05) is 35.4 Å². The third-order valence-electron chi connectivity index (χ3n) is 3.52. The Hall–Kier alpha value is -3.19. The summed E-state index contributed by atoms with van der Waals surface area (Å²) in [6, 6.07) is 9.33. The molecule has 2 N–H and O–H groups in total. The van der Waals surface area contributed by atoms with E-state index in [0.717, 1.165) is 5.56 Å². The van der Waals surface area contributed by atoms with E-state index in [0.29, 0.717) is 18.8 Å². The Kier molecular flexibility index (Phi) is 4.03. The molecule has 1 aliphatic rings. The summed E-state index contributed by atoms with van der Waals surface area (Å²) in [6.45, 7) is 0.667. The van der Waals surface area contributed by atoms with Crippen molar-refractivity contribution in [1.29, 1.82) is 0 Å². The Morgan fingerprint density at radius 2 is 2.09 bits per heavy atom. The number of benzene rings is 1. The largest absolute Gasteiger partial charge is 0.368 e. The predicted octanol–water partition coefficient (Wildman–Crippen LogP) is 1.78. The lowest BCUT2D eigenvalue weighted by molar-refractivity contribution is -0.117. The fourth-order valence-electron chi connectivity index (χ4n) is 2.47. The van der Waals surface area contributed by atoms with E-state index in [2.05, 4.69) is 25.0 Å². The van der Waals surface area contributed by atoms with Crippen LogP contribution in [0, 0.1) is 5.92 Å². The number of aromatic nitrogens is 3. The molecule has 1 amide bonds. The van der Waals surface area contributed by atoms with Crippen molar-refractivity contribution in [2.24, 2.45) is 11.0 Å². The normalized spacial score (nSPS) is 17.1. The van der Waals surface area contributed by atoms with Crippen molar-refractivity contribution in [2.45, 2.75) is 6.42 Å². The highest BCUT2D eigenvalue weighted by molar-refractivity contribution is 5.94. The van der Waals surface area contributed by atoms with Gasteiger partial charge < -0.3 is 5.73 Å². The number of carbonyl (C=O) groups excluding carboxylic acids is 1. The van der Waals surface area contributed by atoms with Crippen molar-refractivity contribution in [2.75, 3.05) is 23.7 Å². The Balaban J connectivity index is 1.90. The van der Waals surface area contributed by atoms with Gasteiger partial charge in [0.25, 0.3) is 0 Å². The minimum atomic E-state index is -0.118. The fraction of sp³-hybridized carbons (Fsp3) is 0.286. The number of rotatable bonds is 4. The number of hydrogen-bond donors (Lipinski definition) is 1. The molecule has 1 aromatic carbocycles. The topological polar surface area (TPSA) is 134 Å². The Labute approximate surface area is 131 Å². The lowest BCUT2D eigenvalue weighted by Crippen LogP contribution is -2.27. The minimum absolute atomic E-state index is 0.0448. The van der Waals surface area contributed by atoms with Gasteiger partial charge in [-0.2, -0.15) is 15.0 Å². The minimum Gasteiger partial charge on any atom is -0.368 e. The van der Waals surface area contributed by atoms with Gasteiger partial charge in [0.2, 0.25) is 17.8 Å². The molecule has 9 heteroatoms. The number of amides is 1. The molecule has 23 heavy (non-hydrogen) atoms. The third kappa shape index (κ3) is 3.19. The van der Waals surface area contributed by atoms with Gasteiger partial charge in [-0.3, -0.25) is 9.69 Å². The first kappa shape index (κ1) is 14.7. The highest BCUT2D eigenvalue weighted by Crippen LogP contribution is 2.25. The number of nitrogens with two attached hydrogens (primary N) is 1. The van der Waals surface area contributed by atoms with E-state index in [1.54, 1.807) is 0 Å². The van der Waals surface area contributed by atoms with E-state index in [1.807, 2.05) is 30.3 Å². The predicted molar refractivity (Wildman–Crippen MR) is 84.1 cm³/mol. The summed E-state index contributed by atoms with van der Waals surface area (Å²) in [5.74, 6) is 0.536. The second-order valence-electron chi connectivity index (χ2n) is 5.17. The Morgan fingerprint density at radius 3 is 2.83 bits per heavy atom. The molecular weight excluding hydrogens is 296 g/mol. The van der Waals surface area contributed by atoms with Crippen LogP contribution >= 0.6 is 0 Å². The summed E-state index contributed by atoms with van der Waals surface area (Å²) in [6.07, 6.45) is 0.297. The summed E-state index contributed by atoms with van der Waals surface area (Å²) in [5.41, 5.74) is 14.9. The molecule has 1 unspecified atom stereocenters. The van der Waals surface area contributed by atoms with Gasteiger partial charge in [0.15, 0.2) is 5.82 Å². The van der Waals surface area contributed by atoms with Crippen LogP contribution in [0.25, 0.3) is 21.8 Å². The van der Waals surface area contributed by atoms with Gasteiger partial charge in [0, 0.05) is 30.0 Å². The number of nitrogen functional groups attached to an aromatic ring is 1. The maximum Gasteiger partial charge on any atom is 0.237 e. The van der Waals surface area contributed by atoms with Crippen LogP contribution in [0.3, 0.4) is 0 Å². The zero-order chi connectivity index (χ0) is 16.2. The number of anilines is 2. The maximum atomic E-state index is 12.2. The molecule has 9 nitrogen and oxygen atoms in total. The summed E-state index contributed by atoms with van der Waals surface area (Å²) in [4.78, 5) is 28.9. The van der Waals surface area contributed by atoms with Crippen LogP contribution in [0.5, 0.6) is 0 Å². The van der Waals surface area contributed by atoms with E-state index in [1.165, 1.54) is 4.90 Å². The first-order valence-electron chi connectivity index (χ1n) is 7.05. The molecule has 3 rings (SSSR count). The molecular formula is C14H14N8O. The number of nitrogens with zero attached hydrogens (tertiary/aromatic N) is 7. The second kappa shape index (κ2) is 6.29. The Morgan fingerprint density at radius 1 is 1.30 bits per heavy atom. The van der Waals surface area contributed by atoms with Crippen molar-refractivity contribution >= 4 is 17.8 Å². The van der Waals surface area contributed by atoms with Gasteiger partial charge in [-0.05, 0) is 11.4 Å². The molecule has 1 saturated heterocycles. The average molecular weight is 310 g/mol. The molecule has 0 radical (unpaired) electrons. The Bertz CT molecular complexity index is 772. The molecule has 0 spiro atoms. The van der Waals surface area contributed by atoms with Crippen LogP contribution in [0.15, 0.2) is 35.4 Å². The highest BCUT2D eigenvalue weighted by Gasteiger charge is 2.32. The number of hydrogen-bond acceptors (Lipinski definition) is 6. The summed E-state index contributed by atoms with van der Waals surface area (Å²) in [5, 5.41) is 3.52. The van der Waals surface area contributed by atoms with Crippen LogP contribution in [0.1, 0.15) is 6.42 Å². The zero-order valence-corrected chi connectivity index (χ0v) is 12.2. The van der Waals surface area contributed by atoms with Gasteiger partial charge in [-0.25, -0.2) is 0 Å². The average Bonchev–Trinajstić information content (AvgIpc) is 2.94. The lowest BCUT2D eigenvalue weighted by Gasteiger charge is -2.15. The number of carbonyl (C=O) groups is 1. The first-order chi connectivity index (χ1) is 11.2. The van der Waals surface area contributed by atoms with Gasteiger partial charge in [0.1, 0.15) is 0 Å². The summed E-state index contributed by atoms with van der Waals surface area (Å²) < 4.78 is 0. The zero-order valence-electron chi connectivity index (χ0n) is 12.2. The molecule has 0 aliphatic carbocycles. The van der Waals surface area contributed by atoms with Gasteiger partial charge in [-0.15, -0.1) is 0 Å². The van der Waals surface area contributed by atoms with E-state index in [-0.39, 0.29) is 30.3 Å². The van der Waals surface area contributed by atoms with Crippen LogP contribution in [-0.4, -0.2) is 33.9 Å². The maximum absolute atomic E-state index is 12.2. The molecule has 1 aliphatic heterocycles. The summed E-state index contributed by atoms with van der Waals surface area (Å²) in [7, 11) is 0.